The van der Waals surface area contributed by atoms with Gasteiger partial charge in [-0.15, -0.1) is 12.4 Å². The molecule has 0 saturated carbocycles. The van der Waals surface area contributed by atoms with E-state index in [4.69, 9.17) is 4.74 Å². The van der Waals surface area contributed by atoms with Gasteiger partial charge in [-0.1, -0.05) is 26.7 Å². The molecule has 2 heterocycles. The Hall–Kier alpha value is -2.28. The van der Waals surface area contributed by atoms with Crippen molar-refractivity contribution in [3.05, 3.63) is 48.8 Å². The fourth-order valence-corrected chi connectivity index (χ4v) is 3.44. The second kappa shape index (κ2) is 13.9. The van der Waals surface area contributed by atoms with E-state index >= 15 is 0 Å². The molecule has 31 heavy (non-hydrogen) atoms. The van der Waals surface area contributed by atoms with Crippen molar-refractivity contribution in [1.82, 2.24) is 14.3 Å². The Labute approximate surface area is 191 Å². The molecule has 0 radical (unpaired) electrons. The number of rotatable bonds is 12. The van der Waals surface area contributed by atoms with Gasteiger partial charge in [-0.05, 0) is 68.8 Å². The summed E-state index contributed by atoms with van der Waals surface area (Å²) in [4.78, 5) is 7.09. The maximum Gasteiger partial charge on any atom is 0.180 e. The van der Waals surface area contributed by atoms with Crippen LogP contribution in [0, 0.1) is 0 Å². The molecule has 7 heteroatoms. The van der Waals surface area contributed by atoms with Gasteiger partial charge in [0.25, 0.3) is 0 Å². The second-order valence-corrected chi connectivity index (χ2v) is 7.53. The SMILES string of the molecule is CCCCN(CCCC)CCCOc1ccc(-c2cn3cccc(O)c3n2)cc1.Cl.O. The Balaban J connectivity index is 0.00000240. The van der Waals surface area contributed by atoms with Gasteiger partial charge in [-0.3, -0.25) is 0 Å². The Morgan fingerprint density at radius 1 is 0.968 bits per heavy atom. The smallest absolute Gasteiger partial charge is 0.180 e. The molecule has 0 bridgehead atoms. The van der Waals surface area contributed by atoms with Gasteiger partial charge in [-0.25, -0.2) is 4.98 Å². The fourth-order valence-electron chi connectivity index (χ4n) is 3.44. The van der Waals surface area contributed by atoms with E-state index in [1.165, 1.54) is 38.8 Å². The zero-order valence-corrected chi connectivity index (χ0v) is 19.4. The Kier molecular flexibility index (Phi) is 12.0. The predicted octanol–water partition coefficient (Wildman–Crippen LogP) is 4.98. The molecule has 0 amide bonds. The molecular formula is C24H36ClN3O3. The number of halogens is 1. The Morgan fingerprint density at radius 3 is 2.23 bits per heavy atom. The first kappa shape index (κ1) is 26.8. The number of aromatic hydroxyl groups is 1. The maximum absolute atomic E-state index is 9.92. The molecule has 0 aliphatic heterocycles. The van der Waals surface area contributed by atoms with E-state index < -0.39 is 0 Å². The lowest BCUT2D eigenvalue weighted by atomic mass is 10.2. The number of ether oxygens (including phenoxy) is 1. The van der Waals surface area contributed by atoms with Gasteiger partial charge in [0.05, 0.1) is 12.3 Å². The van der Waals surface area contributed by atoms with Crippen LogP contribution in [0.3, 0.4) is 0 Å². The minimum atomic E-state index is 0. The van der Waals surface area contributed by atoms with Gasteiger partial charge in [0.2, 0.25) is 0 Å². The molecule has 3 N–H and O–H groups in total. The quantitative estimate of drug-likeness (QED) is 0.395. The lowest BCUT2D eigenvalue weighted by Gasteiger charge is -2.21. The lowest BCUT2D eigenvalue weighted by Crippen LogP contribution is -2.28. The van der Waals surface area contributed by atoms with Crippen LogP contribution in [0.15, 0.2) is 48.8 Å². The van der Waals surface area contributed by atoms with E-state index in [-0.39, 0.29) is 23.6 Å². The molecule has 0 aliphatic carbocycles. The van der Waals surface area contributed by atoms with Crippen molar-refractivity contribution in [2.24, 2.45) is 0 Å². The van der Waals surface area contributed by atoms with Crippen LogP contribution in [0.2, 0.25) is 0 Å². The highest BCUT2D eigenvalue weighted by molar-refractivity contribution is 5.85. The summed E-state index contributed by atoms with van der Waals surface area (Å²) in [6.07, 6.45) is 9.88. The number of unbranched alkanes of at least 4 members (excludes halogenated alkanes) is 2. The van der Waals surface area contributed by atoms with Crippen LogP contribution >= 0.6 is 12.4 Å². The number of fused-ring (bicyclic) bond motifs is 1. The predicted molar refractivity (Wildman–Crippen MR) is 130 cm³/mol. The number of benzene rings is 1. The van der Waals surface area contributed by atoms with Crippen LogP contribution in [0.5, 0.6) is 11.5 Å². The van der Waals surface area contributed by atoms with Crippen LogP contribution < -0.4 is 4.74 Å². The molecular weight excluding hydrogens is 414 g/mol. The number of hydrogen-bond donors (Lipinski definition) is 1. The van der Waals surface area contributed by atoms with Crippen LogP contribution in [0.1, 0.15) is 46.0 Å². The van der Waals surface area contributed by atoms with E-state index in [1.807, 2.05) is 41.1 Å². The van der Waals surface area contributed by atoms with Crippen molar-refractivity contribution in [2.75, 3.05) is 26.2 Å². The van der Waals surface area contributed by atoms with Crippen molar-refractivity contribution in [3.63, 3.8) is 0 Å². The van der Waals surface area contributed by atoms with Crippen molar-refractivity contribution in [1.29, 1.82) is 0 Å². The average Bonchev–Trinajstić information content (AvgIpc) is 3.19. The molecule has 1 aromatic carbocycles. The summed E-state index contributed by atoms with van der Waals surface area (Å²) >= 11 is 0. The maximum atomic E-state index is 9.92. The molecule has 0 saturated heterocycles. The summed E-state index contributed by atoms with van der Waals surface area (Å²) < 4.78 is 7.77. The summed E-state index contributed by atoms with van der Waals surface area (Å²) in [5, 5.41) is 9.92. The number of imidazole rings is 1. The van der Waals surface area contributed by atoms with Gasteiger partial charge >= 0.3 is 0 Å². The van der Waals surface area contributed by atoms with Crippen LogP contribution in [0.4, 0.5) is 0 Å². The molecule has 0 aliphatic rings. The third kappa shape index (κ3) is 7.73. The highest BCUT2D eigenvalue weighted by Gasteiger charge is 2.08. The van der Waals surface area contributed by atoms with Gasteiger partial charge in [0.1, 0.15) is 5.75 Å². The Bertz CT molecular complexity index is 875. The summed E-state index contributed by atoms with van der Waals surface area (Å²) in [6.45, 7) is 8.72. The van der Waals surface area contributed by atoms with Crippen molar-refractivity contribution >= 4 is 18.1 Å². The van der Waals surface area contributed by atoms with E-state index in [0.717, 1.165) is 36.6 Å². The van der Waals surface area contributed by atoms with E-state index in [0.29, 0.717) is 5.65 Å². The van der Waals surface area contributed by atoms with Crippen molar-refractivity contribution in [2.45, 2.75) is 46.0 Å². The van der Waals surface area contributed by atoms with Crippen LogP contribution in [-0.4, -0.2) is 51.1 Å². The normalized spacial score (nSPS) is 10.7. The van der Waals surface area contributed by atoms with Gasteiger partial charge in [-0.2, -0.15) is 0 Å². The highest BCUT2D eigenvalue weighted by atomic mass is 35.5. The first-order valence-corrected chi connectivity index (χ1v) is 10.8. The fraction of sp³-hybridized carbons (Fsp3) is 0.458. The monoisotopic (exact) mass is 449 g/mol. The molecule has 6 nitrogen and oxygen atoms in total. The number of hydrogen-bond acceptors (Lipinski definition) is 4. The molecule has 3 aromatic rings. The second-order valence-electron chi connectivity index (χ2n) is 7.53. The molecule has 172 valence electrons. The number of pyridine rings is 1. The topological polar surface area (TPSA) is 81.5 Å². The summed E-state index contributed by atoms with van der Waals surface area (Å²) in [6, 6.07) is 11.5. The van der Waals surface area contributed by atoms with Crippen LogP contribution in [-0.2, 0) is 0 Å². The van der Waals surface area contributed by atoms with E-state index in [1.54, 1.807) is 12.1 Å². The summed E-state index contributed by atoms with van der Waals surface area (Å²) in [5.74, 6) is 1.07. The number of nitrogens with zero attached hydrogens (tertiary/aromatic N) is 3. The number of aromatic nitrogens is 2. The van der Waals surface area contributed by atoms with E-state index in [9.17, 15) is 5.11 Å². The highest BCUT2D eigenvalue weighted by Crippen LogP contribution is 2.25. The molecule has 0 atom stereocenters. The van der Waals surface area contributed by atoms with Crippen LogP contribution in [0.25, 0.3) is 16.9 Å². The third-order valence-electron chi connectivity index (χ3n) is 5.16. The molecule has 0 unspecified atom stereocenters. The zero-order valence-electron chi connectivity index (χ0n) is 18.6. The molecule has 0 spiro atoms. The minimum absolute atomic E-state index is 0. The van der Waals surface area contributed by atoms with Gasteiger partial charge in [0.15, 0.2) is 11.4 Å². The average molecular weight is 450 g/mol. The Morgan fingerprint density at radius 2 is 1.61 bits per heavy atom. The minimum Gasteiger partial charge on any atom is -0.504 e. The zero-order chi connectivity index (χ0) is 20.5. The largest absolute Gasteiger partial charge is 0.504 e. The first-order chi connectivity index (χ1) is 14.2. The molecule has 3 rings (SSSR count). The molecule has 2 aromatic heterocycles. The third-order valence-corrected chi connectivity index (χ3v) is 5.16. The summed E-state index contributed by atoms with van der Waals surface area (Å²) in [7, 11) is 0. The standard InChI is InChI=1S/C24H33N3O2.ClH.H2O/c1-3-5-14-26(15-6-4-2)16-8-18-29-21-12-10-20(11-13-21)22-19-27-17-7-9-23(28)24(27)25-22;;/h7,9-13,17,19,28H,3-6,8,14-16,18H2,1-2H3;1H;1H2. The summed E-state index contributed by atoms with van der Waals surface area (Å²) in [5.41, 5.74) is 2.41. The molecule has 0 fully saturated rings. The van der Waals surface area contributed by atoms with Crippen molar-refractivity contribution < 1.29 is 15.3 Å². The van der Waals surface area contributed by atoms with E-state index in [2.05, 4.69) is 23.7 Å². The van der Waals surface area contributed by atoms with Gasteiger partial charge < -0.3 is 24.6 Å². The van der Waals surface area contributed by atoms with Crippen molar-refractivity contribution in [3.8, 4) is 22.8 Å². The van der Waals surface area contributed by atoms with Gasteiger partial charge in [0, 0.05) is 24.5 Å². The first-order valence-electron chi connectivity index (χ1n) is 10.8. The lowest BCUT2D eigenvalue weighted by molar-refractivity contribution is 0.229.